The molecule has 2 aliphatic heterocycles. The van der Waals surface area contributed by atoms with Crippen molar-refractivity contribution in [2.75, 3.05) is 6.26 Å². The fourth-order valence-corrected chi connectivity index (χ4v) is 5.50. The van der Waals surface area contributed by atoms with Gasteiger partial charge in [0.2, 0.25) is 0 Å². The number of nitrogens with zero attached hydrogens (tertiary/aromatic N) is 2. The van der Waals surface area contributed by atoms with Crippen LogP contribution in [0.4, 0.5) is 0 Å². The number of fused-ring (bicyclic) bond motifs is 3. The summed E-state index contributed by atoms with van der Waals surface area (Å²) in [7, 11) is 0. The molecular formula is C22H22N2O2S. The molecule has 0 radical (unpaired) electrons. The predicted molar refractivity (Wildman–Crippen MR) is 109 cm³/mol. The maximum atomic E-state index is 13.3. The van der Waals surface area contributed by atoms with Gasteiger partial charge < -0.3 is 9.42 Å². The zero-order valence-corrected chi connectivity index (χ0v) is 16.1. The first-order valence-electron chi connectivity index (χ1n) is 9.55. The van der Waals surface area contributed by atoms with Crippen LogP contribution < -0.4 is 0 Å². The van der Waals surface area contributed by atoms with E-state index in [0.717, 1.165) is 53.5 Å². The van der Waals surface area contributed by atoms with Crippen LogP contribution in [0.5, 0.6) is 0 Å². The quantitative estimate of drug-likeness (QED) is 0.644. The molecule has 0 saturated carbocycles. The van der Waals surface area contributed by atoms with Gasteiger partial charge in [-0.3, -0.25) is 4.79 Å². The van der Waals surface area contributed by atoms with E-state index in [4.69, 9.17) is 4.52 Å². The van der Waals surface area contributed by atoms with Gasteiger partial charge in [0, 0.05) is 28.5 Å². The van der Waals surface area contributed by atoms with Crippen LogP contribution in [-0.4, -0.2) is 39.6 Å². The first kappa shape index (κ1) is 16.9. The molecule has 0 spiro atoms. The molecule has 2 atom stereocenters. The molecule has 2 unspecified atom stereocenters. The van der Waals surface area contributed by atoms with Crippen molar-refractivity contribution in [3.8, 4) is 11.3 Å². The van der Waals surface area contributed by atoms with Crippen molar-refractivity contribution in [2.24, 2.45) is 0 Å². The highest BCUT2D eigenvalue weighted by Gasteiger charge is 2.43. The Labute approximate surface area is 162 Å². The van der Waals surface area contributed by atoms with Gasteiger partial charge in [-0.05, 0) is 50.1 Å². The molecule has 2 saturated heterocycles. The second kappa shape index (κ2) is 6.71. The van der Waals surface area contributed by atoms with E-state index in [9.17, 15) is 4.79 Å². The van der Waals surface area contributed by atoms with E-state index in [1.807, 2.05) is 60.3 Å². The summed E-state index contributed by atoms with van der Waals surface area (Å²) in [5.41, 5.74) is 2.50. The molecule has 138 valence electrons. The van der Waals surface area contributed by atoms with Gasteiger partial charge in [-0.2, -0.15) is 11.8 Å². The third-order valence-electron chi connectivity index (χ3n) is 6.02. The highest BCUT2D eigenvalue weighted by Crippen LogP contribution is 2.40. The molecule has 2 aromatic carbocycles. The Morgan fingerprint density at radius 3 is 2.56 bits per heavy atom. The lowest BCUT2D eigenvalue weighted by Crippen LogP contribution is -2.47. The molecule has 1 amide bonds. The fourth-order valence-electron chi connectivity index (χ4n) is 4.67. The number of aromatic nitrogens is 1. The minimum Gasteiger partial charge on any atom is -0.355 e. The van der Waals surface area contributed by atoms with Gasteiger partial charge in [0.25, 0.3) is 5.91 Å². The average Bonchev–Trinajstić information content (AvgIpc) is 3.25. The van der Waals surface area contributed by atoms with E-state index in [-0.39, 0.29) is 5.91 Å². The molecule has 1 aromatic heterocycles. The summed E-state index contributed by atoms with van der Waals surface area (Å²) in [6.07, 6.45) is 6.70. The van der Waals surface area contributed by atoms with Crippen molar-refractivity contribution in [2.45, 2.75) is 43.0 Å². The molecule has 5 heteroatoms. The number of carbonyl (C=O) groups is 1. The number of hydrogen-bond acceptors (Lipinski definition) is 4. The van der Waals surface area contributed by atoms with Gasteiger partial charge in [-0.25, -0.2) is 0 Å². The molecule has 27 heavy (non-hydrogen) atoms. The van der Waals surface area contributed by atoms with Crippen LogP contribution in [0.15, 0.2) is 53.1 Å². The standard InChI is InChI=1S/C22H22N2O2S/c1-27-18-12-16-8-9-17(13-18)24(16)22(25)15-7-10-20-19(11-15)21(26-23-20)14-5-3-2-4-6-14/h2-7,10-11,16-18H,8-9,12-13H2,1H3. The molecule has 0 aliphatic carbocycles. The molecule has 0 N–H and O–H groups in total. The number of thioether (sulfide) groups is 1. The van der Waals surface area contributed by atoms with Crippen molar-refractivity contribution in [1.82, 2.24) is 10.1 Å². The first-order valence-corrected chi connectivity index (χ1v) is 10.8. The summed E-state index contributed by atoms with van der Waals surface area (Å²) in [6, 6.07) is 16.5. The second-order valence-corrected chi connectivity index (χ2v) is 8.67. The number of carbonyl (C=O) groups excluding carboxylic acids is 1. The lowest BCUT2D eigenvalue weighted by molar-refractivity contribution is 0.0602. The Morgan fingerprint density at radius 1 is 1.11 bits per heavy atom. The third-order valence-corrected chi connectivity index (χ3v) is 7.07. The van der Waals surface area contributed by atoms with E-state index in [2.05, 4.69) is 16.3 Å². The van der Waals surface area contributed by atoms with Crippen molar-refractivity contribution in [1.29, 1.82) is 0 Å². The fraction of sp³-hybridized carbons (Fsp3) is 0.364. The summed E-state index contributed by atoms with van der Waals surface area (Å²) in [5.74, 6) is 0.883. The minimum absolute atomic E-state index is 0.157. The van der Waals surface area contributed by atoms with Crippen molar-refractivity contribution < 1.29 is 9.32 Å². The van der Waals surface area contributed by atoms with Crippen molar-refractivity contribution >= 4 is 28.6 Å². The Balaban J connectivity index is 1.50. The average molecular weight is 378 g/mol. The monoisotopic (exact) mass is 378 g/mol. The van der Waals surface area contributed by atoms with Crippen LogP contribution in [-0.2, 0) is 0 Å². The van der Waals surface area contributed by atoms with Crippen LogP contribution in [0.2, 0.25) is 0 Å². The number of hydrogen-bond donors (Lipinski definition) is 0. The van der Waals surface area contributed by atoms with Gasteiger partial charge in [-0.1, -0.05) is 35.5 Å². The molecule has 4 nitrogen and oxygen atoms in total. The summed E-state index contributed by atoms with van der Waals surface area (Å²) in [4.78, 5) is 15.5. The Bertz CT molecular complexity index is 970. The predicted octanol–water partition coefficient (Wildman–Crippen LogP) is 4.99. The van der Waals surface area contributed by atoms with Gasteiger partial charge in [0.1, 0.15) is 5.52 Å². The van der Waals surface area contributed by atoms with Crippen LogP contribution in [0.25, 0.3) is 22.2 Å². The van der Waals surface area contributed by atoms with Gasteiger partial charge in [-0.15, -0.1) is 0 Å². The smallest absolute Gasteiger partial charge is 0.254 e. The number of piperidine rings is 1. The molecular weight excluding hydrogens is 356 g/mol. The Kier molecular flexibility index (Phi) is 4.20. The molecule has 2 aliphatic rings. The number of benzene rings is 2. The Hall–Kier alpha value is -2.27. The Morgan fingerprint density at radius 2 is 1.85 bits per heavy atom. The van der Waals surface area contributed by atoms with E-state index in [1.54, 1.807) is 0 Å². The lowest BCUT2D eigenvalue weighted by atomic mass is 10.00. The largest absolute Gasteiger partial charge is 0.355 e. The lowest BCUT2D eigenvalue weighted by Gasteiger charge is -2.38. The summed E-state index contributed by atoms with van der Waals surface area (Å²) in [6.45, 7) is 0. The minimum atomic E-state index is 0.157. The molecule has 2 fully saturated rings. The second-order valence-electron chi connectivity index (χ2n) is 7.54. The number of rotatable bonds is 3. The molecule has 2 bridgehead atoms. The highest BCUT2D eigenvalue weighted by molar-refractivity contribution is 7.99. The van der Waals surface area contributed by atoms with Crippen LogP contribution in [0.1, 0.15) is 36.0 Å². The first-order chi connectivity index (χ1) is 13.2. The van der Waals surface area contributed by atoms with Crippen molar-refractivity contribution in [3.63, 3.8) is 0 Å². The summed E-state index contributed by atoms with van der Waals surface area (Å²) >= 11 is 1.95. The van der Waals surface area contributed by atoms with E-state index in [1.165, 1.54) is 0 Å². The highest BCUT2D eigenvalue weighted by atomic mass is 32.2. The van der Waals surface area contributed by atoms with Gasteiger partial charge >= 0.3 is 0 Å². The third kappa shape index (κ3) is 2.85. The topological polar surface area (TPSA) is 46.3 Å². The summed E-state index contributed by atoms with van der Waals surface area (Å²) in [5, 5.41) is 5.76. The maximum absolute atomic E-state index is 13.3. The number of amides is 1. The van der Waals surface area contributed by atoms with Crippen molar-refractivity contribution in [3.05, 3.63) is 54.1 Å². The van der Waals surface area contributed by atoms with Crippen LogP contribution >= 0.6 is 11.8 Å². The molecule has 3 heterocycles. The maximum Gasteiger partial charge on any atom is 0.254 e. The van der Waals surface area contributed by atoms with E-state index < -0.39 is 0 Å². The SMILES string of the molecule is CSC1CC2CCC(C1)N2C(=O)c1ccc2noc(-c3ccccc3)c2c1. The zero-order chi connectivity index (χ0) is 18.4. The molecule has 5 rings (SSSR count). The van der Waals surface area contributed by atoms with Crippen LogP contribution in [0.3, 0.4) is 0 Å². The van der Waals surface area contributed by atoms with Gasteiger partial charge in [0.15, 0.2) is 5.76 Å². The van der Waals surface area contributed by atoms with E-state index in [0.29, 0.717) is 17.3 Å². The van der Waals surface area contributed by atoms with E-state index >= 15 is 0 Å². The van der Waals surface area contributed by atoms with Crippen LogP contribution in [0, 0.1) is 0 Å². The zero-order valence-electron chi connectivity index (χ0n) is 15.3. The van der Waals surface area contributed by atoms with Gasteiger partial charge in [0.05, 0.1) is 5.39 Å². The molecule has 3 aromatic rings. The summed E-state index contributed by atoms with van der Waals surface area (Å²) < 4.78 is 5.59. The normalized spacial score (nSPS) is 24.5.